The van der Waals surface area contributed by atoms with Gasteiger partial charge in [0, 0.05) is 37.7 Å². The van der Waals surface area contributed by atoms with Crippen molar-refractivity contribution in [1.29, 1.82) is 0 Å². The number of ether oxygens (including phenoxy) is 1. The third kappa shape index (κ3) is 4.95. The normalized spacial score (nSPS) is 13.9. The van der Waals surface area contributed by atoms with Gasteiger partial charge in [-0.05, 0) is 36.8 Å². The van der Waals surface area contributed by atoms with E-state index in [-0.39, 0.29) is 11.9 Å². The van der Waals surface area contributed by atoms with E-state index in [1.807, 2.05) is 43.3 Å². The van der Waals surface area contributed by atoms with E-state index < -0.39 is 0 Å². The third-order valence-corrected chi connectivity index (χ3v) is 4.86. The van der Waals surface area contributed by atoms with E-state index >= 15 is 0 Å². The Morgan fingerprint density at radius 2 is 1.64 bits per heavy atom. The molecule has 3 amide bonds. The molecule has 1 aliphatic heterocycles. The second kappa shape index (κ2) is 9.46. The molecule has 0 saturated carbocycles. The summed E-state index contributed by atoms with van der Waals surface area (Å²) in [4.78, 5) is 28.4. The lowest BCUT2D eigenvalue weighted by Crippen LogP contribution is -2.53. The van der Waals surface area contributed by atoms with Gasteiger partial charge in [-0.15, -0.1) is 0 Å². The van der Waals surface area contributed by atoms with Gasteiger partial charge >= 0.3 is 6.03 Å². The Morgan fingerprint density at radius 1 is 1.00 bits per heavy atom. The van der Waals surface area contributed by atoms with E-state index in [0.717, 1.165) is 5.56 Å². The number of carbonyl (C=O) groups excluding carboxylic acids is 2. The van der Waals surface area contributed by atoms with Crippen molar-refractivity contribution in [3.63, 3.8) is 0 Å². The first-order chi connectivity index (χ1) is 13.6. The van der Waals surface area contributed by atoms with Gasteiger partial charge in [-0.2, -0.15) is 0 Å². The smallest absolute Gasteiger partial charge is 0.317 e. The number of halogens is 1. The van der Waals surface area contributed by atoms with Crippen LogP contribution in [0.1, 0.15) is 22.8 Å². The van der Waals surface area contributed by atoms with Gasteiger partial charge < -0.3 is 19.9 Å². The molecule has 0 atom stereocenters. The molecule has 3 rings (SSSR count). The Labute approximate surface area is 170 Å². The van der Waals surface area contributed by atoms with Crippen molar-refractivity contribution >= 4 is 23.5 Å². The number of urea groups is 1. The SMILES string of the molecule is CCNC(=O)N1CCN(C(=O)c2ccccc2OCc2ccc(Cl)cc2)CC1. The summed E-state index contributed by atoms with van der Waals surface area (Å²) in [5, 5.41) is 3.46. The number of hydrogen-bond acceptors (Lipinski definition) is 3. The summed E-state index contributed by atoms with van der Waals surface area (Å²) in [6.45, 7) is 4.88. The number of para-hydroxylation sites is 1. The molecule has 6 nitrogen and oxygen atoms in total. The molecule has 7 heteroatoms. The van der Waals surface area contributed by atoms with Gasteiger partial charge in [0.2, 0.25) is 0 Å². The number of piperazine rings is 1. The lowest BCUT2D eigenvalue weighted by molar-refractivity contribution is 0.0660. The minimum absolute atomic E-state index is 0.0812. The highest BCUT2D eigenvalue weighted by Crippen LogP contribution is 2.22. The van der Waals surface area contributed by atoms with Crippen LogP contribution in [0, 0.1) is 0 Å². The summed E-state index contributed by atoms with van der Waals surface area (Å²) in [6.07, 6.45) is 0. The Hall–Kier alpha value is -2.73. The Morgan fingerprint density at radius 3 is 2.32 bits per heavy atom. The Bertz CT molecular complexity index is 818. The van der Waals surface area contributed by atoms with Crippen molar-refractivity contribution < 1.29 is 14.3 Å². The highest BCUT2D eigenvalue weighted by molar-refractivity contribution is 6.30. The van der Waals surface area contributed by atoms with Crippen LogP contribution >= 0.6 is 11.6 Å². The summed E-state index contributed by atoms with van der Waals surface area (Å²) >= 11 is 5.91. The number of amides is 3. The van der Waals surface area contributed by atoms with Crippen LogP contribution in [-0.4, -0.2) is 54.5 Å². The van der Waals surface area contributed by atoms with Crippen LogP contribution < -0.4 is 10.1 Å². The number of hydrogen-bond donors (Lipinski definition) is 1. The minimum atomic E-state index is -0.0821. The van der Waals surface area contributed by atoms with Gasteiger partial charge in [0.05, 0.1) is 5.56 Å². The lowest BCUT2D eigenvalue weighted by atomic mass is 10.1. The Kier molecular flexibility index (Phi) is 6.76. The predicted molar refractivity (Wildman–Crippen MR) is 109 cm³/mol. The van der Waals surface area contributed by atoms with Gasteiger partial charge in [0.1, 0.15) is 12.4 Å². The van der Waals surface area contributed by atoms with Gasteiger partial charge in [0.15, 0.2) is 0 Å². The fourth-order valence-electron chi connectivity index (χ4n) is 3.06. The standard InChI is InChI=1S/C21H24ClN3O3/c1-2-23-21(27)25-13-11-24(12-14-25)20(26)18-5-3-4-6-19(18)28-15-16-7-9-17(22)10-8-16/h3-10H,2,11-15H2,1H3,(H,23,27). The lowest BCUT2D eigenvalue weighted by Gasteiger charge is -2.34. The van der Waals surface area contributed by atoms with E-state index in [4.69, 9.17) is 16.3 Å². The molecule has 2 aromatic rings. The predicted octanol–water partition coefficient (Wildman–Crippen LogP) is 3.41. The van der Waals surface area contributed by atoms with Crippen LogP contribution in [0.25, 0.3) is 0 Å². The molecule has 0 aromatic heterocycles. The molecule has 0 aliphatic carbocycles. The van der Waals surface area contributed by atoms with E-state index in [1.54, 1.807) is 21.9 Å². The van der Waals surface area contributed by atoms with E-state index in [2.05, 4.69) is 5.32 Å². The first kappa shape index (κ1) is 20.0. The molecule has 0 radical (unpaired) electrons. The summed E-state index contributed by atoms with van der Waals surface area (Å²) in [5.74, 6) is 0.468. The molecule has 0 spiro atoms. The molecule has 1 heterocycles. The van der Waals surface area contributed by atoms with Crippen molar-refractivity contribution in [3.8, 4) is 5.75 Å². The van der Waals surface area contributed by atoms with Crippen LogP contribution in [0.4, 0.5) is 4.79 Å². The summed E-state index contributed by atoms with van der Waals surface area (Å²) in [5.41, 5.74) is 1.50. The molecule has 0 unspecified atom stereocenters. The van der Waals surface area contributed by atoms with Crippen LogP contribution in [0.15, 0.2) is 48.5 Å². The highest BCUT2D eigenvalue weighted by atomic mass is 35.5. The maximum absolute atomic E-state index is 13.0. The van der Waals surface area contributed by atoms with Crippen LogP contribution in [0.5, 0.6) is 5.75 Å². The van der Waals surface area contributed by atoms with E-state index in [0.29, 0.717) is 55.7 Å². The third-order valence-electron chi connectivity index (χ3n) is 4.61. The fourth-order valence-corrected chi connectivity index (χ4v) is 3.18. The number of nitrogens with one attached hydrogen (secondary N) is 1. The number of benzene rings is 2. The molecular weight excluding hydrogens is 378 g/mol. The van der Waals surface area contributed by atoms with Crippen molar-refractivity contribution in [1.82, 2.24) is 15.1 Å². The number of nitrogens with zero attached hydrogens (tertiary/aromatic N) is 2. The Balaban J connectivity index is 1.63. The zero-order valence-electron chi connectivity index (χ0n) is 15.9. The largest absolute Gasteiger partial charge is 0.488 e. The molecule has 148 valence electrons. The van der Waals surface area contributed by atoms with Crippen molar-refractivity contribution in [3.05, 3.63) is 64.7 Å². The zero-order chi connectivity index (χ0) is 19.9. The molecule has 1 fully saturated rings. The average Bonchev–Trinajstić information content (AvgIpc) is 2.73. The number of rotatable bonds is 5. The minimum Gasteiger partial charge on any atom is -0.488 e. The monoisotopic (exact) mass is 401 g/mol. The maximum Gasteiger partial charge on any atom is 0.317 e. The summed E-state index contributed by atoms with van der Waals surface area (Å²) < 4.78 is 5.90. The van der Waals surface area contributed by atoms with Gasteiger partial charge in [0.25, 0.3) is 5.91 Å². The molecule has 1 N–H and O–H groups in total. The molecule has 0 bridgehead atoms. The summed E-state index contributed by atoms with van der Waals surface area (Å²) in [6, 6.07) is 14.6. The molecular formula is C21H24ClN3O3. The highest BCUT2D eigenvalue weighted by Gasteiger charge is 2.26. The molecule has 28 heavy (non-hydrogen) atoms. The molecule has 1 saturated heterocycles. The van der Waals surface area contributed by atoms with Crippen molar-refractivity contribution in [2.45, 2.75) is 13.5 Å². The fraction of sp³-hybridized carbons (Fsp3) is 0.333. The van der Waals surface area contributed by atoms with E-state index in [1.165, 1.54) is 0 Å². The quantitative estimate of drug-likeness (QED) is 0.835. The maximum atomic E-state index is 13.0. The first-order valence-electron chi connectivity index (χ1n) is 9.37. The zero-order valence-corrected chi connectivity index (χ0v) is 16.6. The van der Waals surface area contributed by atoms with Gasteiger partial charge in [-0.3, -0.25) is 4.79 Å². The van der Waals surface area contributed by atoms with Gasteiger partial charge in [-0.1, -0.05) is 35.9 Å². The average molecular weight is 402 g/mol. The number of carbonyl (C=O) groups is 2. The first-order valence-corrected chi connectivity index (χ1v) is 9.74. The summed E-state index contributed by atoms with van der Waals surface area (Å²) in [7, 11) is 0. The molecule has 2 aromatic carbocycles. The van der Waals surface area contributed by atoms with Crippen molar-refractivity contribution in [2.24, 2.45) is 0 Å². The molecule has 1 aliphatic rings. The van der Waals surface area contributed by atoms with Crippen LogP contribution in [0.2, 0.25) is 5.02 Å². The van der Waals surface area contributed by atoms with Gasteiger partial charge in [-0.25, -0.2) is 4.79 Å². The topological polar surface area (TPSA) is 61.9 Å². The second-order valence-electron chi connectivity index (χ2n) is 6.53. The van der Waals surface area contributed by atoms with Crippen molar-refractivity contribution in [2.75, 3.05) is 32.7 Å². The van der Waals surface area contributed by atoms with Crippen LogP contribution in [-0.2, 0) is 6.61 Å². The second-order valence-corrected chi connectivity index (χ2v) is 6.96. The van der Waals surface area contributed by atoms with E-state index in [9.17, 15) is 9.59 Å². The van der Waals surface area contributed by atoms with Crippen LogP contribution in [0.3, 0.4) is 0 Å².